The van der Waals surface area contributed by atoms with Crippen LogP contribution >= 0.6 is 0 Å². The largest absolute Gasteiger partial charge is 0.469 e. The second kappa shape index (κ2) is 6.24. The predicted octanol–water partition coefficient (Wildman–Crippen LogP) is 0.923. The summed E-state index contributed by atoms with van der Waals surface area (Å²) in [5.74, 6) is 0.621. The second-order valence-electron chi connectivity index (χ2n) is 3.51. The Morgan fingerprint density at radius 3 is 3.00 bits per heavy atom. The van der Waals surface area contributed by atoms with Gasteiger partial charge in [0.1, 0.15) is 5.76 Å². The highest BCUT2D eigenvalue weighted by atomic mass is 16.3. The maximum absolute atomic E-state index is 11.6. The van der Waals surface area contributed by atoms with Crippen molar-refractivity contribution in [2.75, 3.05) is 13.1 Å². The lowest BCUT2D eigenvalue weighted by Crippen LogP contribution is -2.36. The molecule has 0 aliphatic heterocycles. The van der Waals surface area contributed by atoms with Crippen molar-refractivity contribution in [2.24, 2.45) is 11.7 Å². The average molecular weight is 210 g/mol. The first-order chi connectivity index (χ1) is 7.27. The molecule has 1 amide bonds. The van der Waals surface area contributed by atoms with E-state index in [9.17, 15) is 4.79 Å². The topological polar surface area (TPSA) is 68.3 Å². The van der Waals surface area contributed by atoms with E-state index in [2.05, 4.69) is 5.32 Å². The molecule has 0 saturated heterocycles. The normalized spacial score (nSPS) is 12.4. The third kappa shape index (κ3) is 3.75. The Labute approximate surface area is 89.8 Å². The summed E-state index contributed by atoms with van der Waals surface area (Å²) < 4.78 is 5.18. The van der Waals surface area contributed by atoms with Gasteiger partial charge in [-0.05, 0) is 18.6 Å². The van der Waals surface area contributed by atoms with Crippen molar-refractivity contribution in [1.29, 1.82) is 0 Å². The van der Waals surface area contributed by atoms with Gasteiger partial charge in [0.05, 0.1) is 12.2 Å². The van der Waals surface area contributed by atoms with Gasteiger partial charge in [0.15, 0.2) is 0 Å². The Hall–Kier alpha value is -1.29. The Morgan fingerprint density at radius 2 is 2.47 bits per heavy atom. The van der Waals surface area contributed by atoms with Gasteiger partial charge >= 0.3 is 0 Å². The van der Waals surface area contributed by atoms with Crippen molar-refractivity contribution < 1.29 is 9.21 Å². The lowest BCUT2D eigenvalue weighted by atomic mass is 10.0. The molecule has 0 aliphatic carbocycles. The van der Waals surface area contributed by atoms with Crippen molar-refractivity contribution in [3.05, 3.63) is 24.2 Å². The van der Waals surface area contributed by atoms with Crippen LogP contribution in [0.4, 0.5) is 0 Å². The second-order valence-corrected chi connectivity index (χ2v) is 3.51. The summed E-state index contributed by atoms with van der Waals surface area (Å²) in [5, 5.41) is 2.84. The smallest absolute Gasteiger partial charge is 0.224 e. The minimum absolute atomic E-state index is 0.00995. The predicted molar refractivity (Wildman–Crippen MR) is 58.3 cm³/mol. The van der Waals surface area contributed by atoms with E-state index in [1.165, 1.54) is 0 Å². The SMILES string of the molecule is CCCNC(=O)C(CN)Cc1ccco1. The molecule has 0 aliphatic rings. The molecule has 15 heavy (non-hydrogen) atoms. The van der Waals surface area contributed by atoms with Crippen LogP contribution in [0.25, 0.3) is 0 Å². The van der Waals surface area contributed by atoms with Crippen LogP contribution in [0.1, 0.15) is 19.1 Å². The van der Waals surface area contributed by atoms with Crippen LogP contribution in [0.2, 0.25) is 0 Å². The lowest BCUT2D eigenvalue weighted by Gasteiger charge is -2.12. The fraction of sp³-hybridized carbons (Fsp3) is 0.545. The minimum Gasteiger partial charge on any atom is -0.469 e. The molecule has 0 radical (unpaired) electrons. The molecule has 4 nitrogen and oxygen atoms in total. The molecule has 0 aromatic carbocycles. The third-order valence-corrected chi connectivity index (χ3v) is 2.23. The van der Waals surface area contributed by atoms with E-state index in [0.29, 0.717) is 19.5 Å². The highest BCUT2D eigenvalue weighted by Crippen LogP contribution is 2.08. The third-order valence-electron chi connectivity index (χ3n) is 2.23. The van der Waals surface area contributed by atoms with Crippen LogP contribution in [-0.2, 0) is 11.2 Å². The van der Waals surface area contributed by atoms with Crippen LogP contribution < -0.4 is 11.1 Å². The van der Waals surface area contributed by atoms with Crippen molar-refractivity contribution in [3.8, 4) is 0 Å². The minimum atomic E-state index is -0.192. The van der Waals surface area contributed by atoms with Gasteiger partial charge < -0.3 is 15.5 Å². The number of rotatable bonds is 6. The number of hydrogen-bond acceptors (Lipinski definition) is 3. The summed E-state index contributed by atoms with van der Waals surface area (Å²) in [6, 6.07) is 3.67. The molecule has 3 N–H and O–H groups in total. The Balaban J connectivity index is 2.44. The van der Waals surface area contributed by atoms with Crippen molar-refractivity contribution in [1.82, 2.24) is 5.32 Å². The van der Waals surface area contributed by atoms with Gasteiger partial charge in [-0.15, -0.1) is 0 Å². The van der Waals surface area contributed by atoms with Crippen molar-refractivity contribution in [3.63, 3.8) is 0 Å². The Morgan fingerprint density at radius 1 is 1.67 bits per heavy atom. The van der Waals surface area contributed by atoms with Crippen molar-refractivity contribution >= 4 is 5.91 Å². The highest BCUT2D eigenvalue weighted by Gasteiger charge is 2.17. The van der Waals surface area contributed by atoms with Gasteiger partial charge in [0, 0.05) is 19.5 Å². The van der Waals surface area contributed by atoms with Gasteiger partial charge in [-0.25, -0.2) is 0 Å². The Kier molecular flexibility index (Phi) is 4.90. The van der Waals surface area contributed by atoms with Crippen LogP contribution in [0.5, 0.6) is 0 Å². The summed E-state index contributed by atoms with van der Waals surface area (Å²) in [6.07, 6.45) is 3.11. The molecule has 1 heterocycles. The first kappa shape index (κ1) is 11.8. The summed E-state index contributed by atoms with van der Waals surface area (Å²) in [5.41, 5.74) is 5.56. The van der Waals surface area contributed by atoms with Crippen LogP contribution in [0, 0.1) is 5.92 Å². The fourth-order valence-electron chi connectivity index (χ4n) is 1.35. The zero-order valence-corrected chi connectivity index (χ0v) is 9.03. The highest BCUT2D eigenvalue weighted by molar-refractivity contribution is 5.79. The van der Waals surface area contributed by atoms with Gasteiger partial charge in [0.25, 0.3) is 0 Å². The fourth-order valence-corrected chi connectivity index (χ4v) is 1.35. The van der Waals surface area contributed by atoms with Crippen molar-refractivity contribution in [2.45, 2.75) is 19.8 Å². The first-order valence-electron chi connectivity index (χ1n) is 5.28. The number of nitrogens with two attached hydrogens (primary N) is 1. The molecular weight excluding hydrogens is 192 g/mol. The molecule has 0 fully saturated rings. The average Bonchev–Trinajstić information content (AvgIpc) is 2.75. The van der Waals surface area contributed by atoms with Gasteiger partial charge in [-0.1, -0.05) is 6.92 Å². The molecule has 0 saturated carbocycles. The van der Waals surface area contributed by atoms with E-state index >= 15 is 0 Å². The summed E-state index contributed by atoms with van der Waals surface area (Å²) >= 11 is 0. The zero-order valence-electron chi connectivity index (χ0n) is 9.03. The van der Waals surface area contributed by atoms with Gasteiger partial charge in [-0.2, -0.15) is 0 Å². The van der Waals surface area contributed by atoms with E-state index in [0.717, 1.165) is 12.2 Å². The first-order valence-corrected chi connectivity index (χ1v) is 5.28. The molecule has 1 unspecified atom stereocenters. The summed E-state index contributed by atoms with van der Waals surface area (Å²) in [6.45, 7) is 3.06. The van der Waals surface area contributed by atoms with Crippen LogP contribution in [-0.4, -0.2) is 19.0 Å². The molecular formula is C11H18N2O2. The number of hydrogen-bond donors (Lipinski definition) is 2. The monoisotopic (exact) mass is 210 g/mol. The molecule has 1 atom stereocenters. The van der Waals surface area contributed by atoms with E-state index in [4.69, 9.17) is 10.2 Å². The molecule has 1 aromatic rings. The standard InChI is InChI=1S/C11H18N2O2/c1-2-5-13-11(14)9(8-12)7-10-4-3-6-15-10/h3-4,6,9H,2,5,7-8,12H2,1H3,(H,13,14). The molecule has 1 rings (SSSR count). The van der Waals surface area contributed by atoms with Crippen LogP contribution in [0.3, 0.4) is 0 Å². The lowest BCUT2D eigenvalue weighted by molar-refractivity contribution is -0.124. The maximum atomic E-state index is 11.6. The molecule has 1 aromatic heterocycles. The van der Waals surface area contributed by atoms with E-state index in [1.54, 1.807) is 6.26 Å². The zero-order chi connectivity index (χ0) is 11.1. The number of carbonyl (C=O) groups excluding carboxylic acids is 1. The van der Waals surface area contributed by atoms with Gasteiger partial charge in [0.2, 0.25) is 5.91 Å². The quantitative estimate of drug-likeness (QED) is 0.733. The summed E-state index contributed by atoms with van der Waals surface area (Å²) in [7, 11) is 0. The Bertz CT molecular complexity index is 283. The van der Waals surface area contributed by atoms with Gasteiger partial charge in [-0.3, -0.25) is 4.79 Å². The van der Waals surface area contributed by atoms with E-state index < -0.39 is 0 Å². The maximum Gasteiger partial charge on any atom is 0.224 e. The number of furan rings is 1. The molecule has 0 bridgehead atoms. The number of nitrogens with one attached hydrogen (secondary N) is 1. The molecule has 4 heteroatoms. The molecule has 0 spiro atoms. The summed E-state index contributed by atoms with van der Waals surface area (Å²) in [4.78, 5) is 11.6. The van der Waals surface area contributed by atoms with E-state index in [-0.39, 0.29) is 11.8 Å². The number of amides is 1. The molecule has 84 valence electrons. The van der Waals surface area contributed by atoms with E-state index in [1.807, 2.05) is 19.1 Å². The number of carbonyl (C=O) groups is 1. The van der Waals surface area contributed by atoms with Crippen LogP contribution in [0.15, 0.2) is 22.8 Å².